The molecule has 1 aliphatic rings. The summed E-state index contributed by atoms with van der Waals surface area (Å²) < 4.78 is 13.1. The van der Waals surface area contributed by atoms with E-state index in [9.17, 15) is 4.39 Å². The first-order valence-electron chi connectivity index (χ1n) is 6.35. The van der Waals surface area contributed by atoms with Gasteiger partial charge < -0.3 is 5.73 Å². The molecule has 1 aliphatic carbocycles. The number of nitrogens with two attached hydrogens (primary N) is 1. The maximum Gasteiger partial charge on any atom is 0.124 e. The lowest BCUT2D eigenvalue weighted by Crippen LogP contribution is -2.16. The van der Waals surface area contributed by atoms with Gasteiger partial charge in [0.1, 0.15) is 10.8 Å². The molecule has 1 heterocycles. The van der Waals surface area contributed by atoms with Crippen LogP contribution in [-0.4, -0.2) is 4.98 Å². The lowest BCUT2D eigenvalue weighted by Gasteiger charge is -2.15. The van der Waals surface area contributed by atoms with Crippen molar-refractivity contribution in [2.24, 2.45) is 5.73 Å². The molecule has 19 heavy (non-hydrogen) atoms. The summed E-state index contributed by atoms with van der Waals surface area (Å²) in [5.41, 5.74) is 7.16. The van der Waals surface area contributed by atoms with Crippen molar-refractivity contribution in [2.45, 2.75) is 36.0 Å². The fraction of sp³-hybridized carbons (Fsp3) is 0.357. The Morgan fingerprint density at radius 3 is 3.16 bits per heavy atom. The first kappa shape index (κ1) is 13.1. The van der Waals surface area contributed by atoms with E-state index in [0.717, 1.165) is 40.6 Å². The second-order valence-corrected chi connectivity index (χ2v) is 6.88. The third kappa shape index (κ3) is 2.99. The minimum atomic E-state index is -0.189. The van der Waals surface area contributed by atoms with E-state index in [2.05, 4.69) is 4.98 Å². The predicted molar refractivity (Wildman–Crippen MR) is 77.9 cm³/mol. The highest BCUT2D eigenvalue weighted by Crippen LogP contribution is 2.34. The van der Waals surface area contributed by atoms with Gasteiger partial charge in [-0.15, -0.1) is 23.1 Å². The molecule has 0 saturated heterocycles. The van der Waals surface area contributed by atoms with Gasteiger partial charge in [-0.2, -0.15) is 0 Å². The van der Waals surface area contributed by atoms with Crippen LogP contribution in [-0.2, 0) is 12.2 Å². The molecular weight excluding hydrogens is 279 g/mol. The summed E-state index contributed by atoms with van der Waals surface area (Å²) in [6.07, 6.45) is 3.30. The smallest absolute Gasteiger partial charge is 0.124 e. The van der Waals surface area contributed by atoms with Crippen LogP contribution in [0.25, 0.3) is 0 Å². The number of rotatable bonds is 3. The Kier molecular flexibility index (Phi) is 3.86. The van der Waals surface area contributed by atoms with Gasteiger partial charge >= 0.3 is 0 Å². The molecule has 0 fully saturated rings. The van der Waals surface area contributed by atoms with Crippen LogP contribution in [0.3, 0.4) is 0 Å². The average Bonchev–Trinajstić information content (AvgIpc) is 2.81. The SMILES string of the molecule is NC1CCCc2sc(CSc3cccc(F)c3)nc21. The van der Waals surface area contributed by atoms with Gasteiger partial charge in [0.05, 0.1) is 11.4 Å². The highest BCUT2D eigenvalue weighted by molar-refractivity contribution is 7.98. The van der Waals surface area contributed by atoms with Gasteiger partial charge in [0.25, 0.3) is 0 Å². The Bertz CT molecular complexity index is 583. The minimum Gasteiger partial charge on any atom is -0.323 e. The Morgan fingerprint density at radius 1 is 1.47 bits per heavy atom. The Morgan fingerprint density at radius 2 is 2.37 bits per heavy atom. The van der Waals surface area contributed by atoms with Gasteiger partial charge in [-0.05, 0) is 37.5 Å². The molecule has 0 saturated carbocycles. The van der Waals surface area contributed by atoms with Crippen LogP contribution < -0.4 is 5.73 Å². The summed E-state index contributed by atoms with van der Waals surface area (Å²) in [5.74, 6) is 0.596. The summed E-state index contributed by atoms with van der Waals surface area (Å²) in [4.78, 5) is 6.93. The third-order valence-corrected chi connectivity index (χ3v) is 5.52. The minimum absolute atomic E-state index is 0.105. The standard InChI is InChI=1S/C14H15FN2S2/c15-9-3-1-4-10(7-9)18-8-13-17-14-11(16)5-2-6-12(14)19-13/h1,3-4,7,11H,2,5-6,8,16H2. The fourth-order valence-corrected chi connectivity index (χ4v) is 4.38. The summed E-state index contributed by atoms with van der Waals surface area (Å²) in [5, 5.41) is 1.09. The zero-order valence-corrected chi connectivity index (χ0v) is 12.1. The Balaban J connectivity index is 1.71. The largest absolute Gasteiger partial charge is 0.323 e. The van der Waals surface area contributed by atoms with Gasteiger partial charge in [0.15, 0.2) is 0 Å². The number of thiazole rings is 1. The van der Waals surface area contributed by atoms with Gasteiger partial charge in [0.2, 0.25) is 0 Å². The number of thioether (sulfide) groups is 1. The number of aryl methyl sites for hydroxylation is 1. The molecule has 0 spiro atoms. The molecule has 100 valence electrons. The first-order chi connectivity index (χ1) is 9.22. The molecule has 0 amide bonds. The van der Waals surface area contributed by atoms with Gasteiger partial charge in [-0.3, -0.25) is 0 Å². The Hall–Kier alpha value is -0.910. The summed E-state index contributed by atoms with van der Waals surface area (Å²) in [6, 6.07) is 6.79. The van der Waals surface area contributed by atoms with Crippen LogP contribution in [0.15, 0.2) is 29.2 Å². The molecular formula is C14H15FN2S2. The normalized spacial score (nSPS) is 18.3. The summed E-state index contributed by atoms with van der Waals surface area (Å²) in [6.45, 7) is 0. The number of benzene rings is 1. The van der Waals surface area contributed by atoms with Gasteiger partial charge in [-0.25, -0.2) is 9.37 Å². The molecule has 0 radical (unpaired) electrons. The molecule has 1 atom stereocenters. The third-order valence-electron chi connectivity index (χ3n) is 3.20. The summed E-state index contributed by atoms with van der Waals surface area (Å²) >= 11 is 3.38. The van der Waals surface area contributed by atoms with E-state index in [1.165, 1.54) is 10.9 Å². The van der Waals surface area contributed by atoms with Crippen molar-refractivity contribution in [1.29, 1.82) is 0 Å². The average molecular weight is 294 g/mol. The van der Waals surface area contributed by atoms with E-state index in [0.29, 0.717) is 0 Å². The van der Waals surface area contributed by atoms with Crippen molar-refractivity contribution >= 4 is 23.1 Å². The lowest BCUT2D eigenvalue weighted by atomic mass is 9.99. The van der Waals surface area contributed by atoms with E-state index in [4.69, 9.17) is 5.73 Å². The second-order valence-electron chi connectivity index (χ2n) is 4.66. The first-order valence-corrected chi connectivity index (χ1v) is 8.15. The molecule has 3 rings (SSSR count). The van der Waals surface area contributed by atoms with Crippen molar-refractivity contribution in [3.63, 3.8) is 0 Å². The van der Waals surface area contributed by atoms with E-state index in [-0.39, 0.29) is 11.9 Å². The summed E-state index contributed by atoms with van der Waals surface area (Å²) in [7, 11) is 0. The van der Waals surface area contributed by atoms with Crippen LogP contribution >= 0.6 is 23.1 Å². The van der Waals surface area contributed by atoms with E-state index in [1.54, 1.807) is 35.2 Å². The number of fused-ring (bicyclic) bond motifs is 1. The number of hydrogen-bond acceptors (Lipinski definition) is 4. The second kappa shape index (κ2) is 5.61. The van der Waals surface area contributed by atoms with Crippen molar-refractivity contribution in [3.8, 4) is 0 Å². The molecule has 2 N–H and O–H groups in total. The molecule has 1 aromatic carbocycles. The van der Waals surface area contributed by atoms with Crippen LogP contribution in [0.5, 0.6) is 0 Å². The van der Waals surface area contributed by atoms with Gasteiger partial charge in [0, 0.05) is 15.8 Å². The number of nitrogens with zero attached hydrogens (tertiary/aromatic N) is 1. The molecule has 0 aliphatic heterocycles. The maximum absolute atomic E-state index is 13.1. The van der Waals surface area contributed by atoms with Crippen LogP contribution in [0.2, 0.25) is 0 Å². The zero-order chi connectivity index (χ0) is 13.2. The van der Waals surface area contributed by atoms with E-state index in [1.807, 2.05) is 6.07 Å². The van der Waals surface area contributed by atoms with Crippen molar-refractivity contribution in [2.75, 3.05) is 0 Å². The topological polar surface area (TPSA) is 38.9 Å². The van der Waals surface area contributed by atoms with Crippen LogP contribution in [0.1, 0.15) is 34.5 Å². The monoisotopic (exact) mass is 294 g/mol. The number of hydrogen-bond donors (Lipinski definition) is 1. The van der Waals surface area contributed by atoms with Crippen molar-refractivity contribution in [1.82, 2.24) is 4.98 Å². The van der Waals surface area contributed by atoms with Crippen LogP contribution in [0, 0.1) is 5.82 Å². The van der Waals surface area contributed by atoms with Gasteiger partial charge in [-0.1, -0.05) is 6.07 Å². The molecule has 2 aromatic rings. The zero-order valence-electron chi connectivity index (χ0n) is 10.4. The van der Waals surface area contributed by atoms with Crippen LogP contribution in [0.4, 0.5) is 4.39 Å². The quantitative estimate of drug-likeness (QED) is 0.872. The molecule has 5 heteroatoms. The molecule has 0 bridgehead atoms. The van der Waals surface area contributed by atoms with Crippen molar-refractivity contribution in [3.05, 3.63) is 45.7 Å². The predicted octanol–water partition coefficient (Wildman–Crippen LogP) is 3.91. The molecule has 1 unspecified atom stereocenters. The molecule has 1 aromatic heterocycles. The van der Waals surface area contributed by atoms with Crippen molar-refractivity contribution < 1.29 is 4.39 Å². The fourth-order valence-electron chi connectivity index (χ4n) is 2.27. The maximum atomic E-state index is 13.1. The highest BCUT2D eigenvalue weighted by atomic mass is 32.2. The number of aromatic nitrogens is 1. The van der Waals surface area contributed by atoms with E-state index < -0.39 is 0 Å². The Labute approximate surface area is 120 Å². The highest BCUT2D eigenvalue weighted by Gasteiger charge is 2.21. The van der Waals surface area contributed by atoms with E-state index >= 15 is 0 Å². The lowest BCUT2D eigenvalue weighted by molar-refractivity contribution is 0.563. The molecule has 2 nitrogen and oxygen atoms in total. The number of halogens is 1.